The molecule has 0 fully saturated rings. The van der Waals surface area contributed by atoms with Crippen LogP contribution in [0.4, 0.5) is 0 Å². The summed E-state index contributed by atoms with van der Waals surface area (Å²) in [5.41, 5.74) is 5.02. The van der Waals surface area contributed by atoms with Crippen molar-refractivity contribution in [2.24, 2.45) is 17.1 Å². The van der Waals surface area contributed by atoms with Crippen molar-refractivity contribution in [3.8, 4) is 0 Å². The van der Waals surface area contributed by atoms with E-state index >= 15 is 0 Å². The first-order chi connectivity index (χ1) is 7.66. The monoisotopic (exact) mass is 258 g/mol. The van der Waals surface area contributed by atoms with Gasteiger partial charge in [-0.1, -0.05) is 33.0 Å². The quantitative estimate of drug-likeness (QED) is 0.745. The highest BCUT2D eigenvalue weighted by atomic mass is 32.1. The molecule has 0 aliphatic heterocycles. The van der Waals surface area contributed by atoms with Crippen molar-refractivity contribution in [1.82, 2.24) is 4.90 Å². The Morgan fingerprint density at radius 3 is 2.06 bits per heavy atom. The normalized spacial score (nSPS) is 14.8. The van der Waals surface area contributed by atoms with Gasteiger partial charge in [0.25, 0.3) is 0 Å². The average molecular weight is 258 g/mol. The first-order valence-electron chi connectivity index (χ1n) is 6.27. The molecular formula is C13H26N2OS. The van der Waals surface area contributed by atoms with E-state index in [1.807, 2.05) is 32.6 Å². The first kappa shape index (κ1) is 16.4. The minimum atomic E-state index is -0.714. The lowest BCUT2D eigenvalue weighted by atomic mass is 9.85. The number of nitrogens with two attached hydrogens (primary N) is 1. The third kappa shape index (κ3) is 3.95. The molecule has 0 rings (SSSR count). The molecule has 0 aliphatic rings. The number of rotatable bonds is 6. The molecule has 0 radical (unpaired) electrons. The minimum Gasteiger partial charge on any atom is -0.392 e. The van der Waals surface area contributed by atoms with Gasteiger partial charge in [0.05, 0.1) is 10.4 Å². The molecule has 0 spiro atoms. The number of thiocarbonyl (C=S) groups is 1. The van der Waals surface area contributed by atoms with Crippen molar-refractivity contribution < 1.29 is 4.79 Å². The highest BCUT2D eigenvalue weighted by Crippen LogP contribution is 2.26. The summed E-state index contributed by atoms with van der Waals surface area (Å²) in [6, 6.07) is 0.171. The molecule has 100 valence electrons. The highest BCUT2D eigenvalue weighted by Gasteiger charge is 2.38. The van der Waals surface area contributed by atoms with E-state index in [4.69, 9.17) is 18.0 Å². The maximum atomic E-state index is 12.6. The number of hydrogen-bond acceptors (Lipinski definition) is 2. The second kappa shape index (κ2) is 6.34. The summed E-state index contributed by atoms with van der Waals surface area (Å²) in [6.45, 7) is 12.8. The molecule has 4 heteroatoms. The van der Waals surface area contributed by atoms with Gasteiger partial charge < -0.3 is 10.6 Å². The Morgan fingerprint density at radius 1 is 1.35 bits per heavy atom. The largest absolute Gasteiger partial charge is 0.392 e. The molecule has 0 aromatic rings. The number of hydrogen-bond donors (Lipinski definition) is 1. The van der Waals surface area contributed by atoms with Crippen LogP contribution in [-0.4, -0.2) is 28.4 Å². The molecule has 0 saturated heterocycles. The Balaban J connectivity index is 5.13. The molecule has 0 bridgehead atoms. The van der Waals surface area contributed by atoms with Crippen molar-refractivity contribution >= 4 is 23.1 Å². The maximum Gasteiger partial charge on any atom is 0.235 e. The van der Waals surface area contributed by atoms with Gasteiger partial charge in [-0.25, -0.2) is 0 Å². The van der Waals surface area contributed by atoms with Crippen LogP contribution in [0.25, 0.3) is 0 Å². The average Bonchev–Trinajstić information content (AvgIpc) is 2.22. The molecule has 1 amide bonds. The molecule has 0 aromatic carbocycles. The van der Waals surface area contributed by atoms with Gasteiger partial charge in [0.1, 0.15) is 0 Å². The summed E-state index contributed by atoms with van der Waals surface area (Å²) in [5.74, 6) is 0.491. The summed E-state index contributed by atoms with van der Waals surface area (Å²) in [4.78, 5) is 14.7. The molecule has 3 nitrogen and oxygen atoms in total. The fourth-order valence-electron chi connectivity index (χ4n) is 1.67. The number of amides is 1. The second-order valence-electron chi connectivity index (χ2n) is 5.50. The molecule has 0 heterocycles. The van der Waals surface area contributed by atoms with Crippen LogP contribution >= 0.6 is 12.2 Å². The lowest BCUT2D eigenvalue weighted by molar-refractivity contribution is -0.140. The summed E-state index contributed by atoms with van der Waals surface area (Å²) in [6.07, 6.45) is 0.641. The van der Waals surface area contributed by atoms with Crippen LogP contribution in [-0.2, 0) is 4.79 Å². The topological polar surface area (TPSA) is 46.3 Å². The Morgan fingerprint density at radius 2 is 1.82 bits per heavy atom. The molecule has 17 heavy (non-hydrogen) atoms. The van der Waals surface area contributed by atoms with Crippen LogP contribution in [0.5, 0.6) is 0 Å². The van der Waals surface area contributed by atoms with Crippen molar-refractivity contribution in [2.75, 3.05) is 6.54 Å². The third-order valence-corrected chi connectivity index (χ3v) is 3.62. The van der Waals surface area contributed by atoms with Gasteiger partial charge in [-0.15, -0.1) is 0 Å². The number of nitrogens with zero attached hydrogens (tertiary/aromatic N) is 1. The zero-order valence-corrected chi connectivity index (χ0v) is 12.7. The smallest absolute Gasteiger partial charge is 0.235 e. The molecular weight excluding hydrogens is 232 g/mol. The SMILES string of the molecule is CCC(C)(C(=O)N(CC(C)C)C(C)C)C(N)=S. The van der Waals surface area contributed by atoms with Crippen molar-refractivity contribution in [2.45, 2.75) is 54.0 Å². The molecule has 0 aromatic heterocycles. The summed E-state index contributed by atoms with van der Waals surface area (Å²) >= 11 is 5.06. The standard InChI is InChI=1S/C13H26N2OS/c1-7-13(6,11(14)17)12(16)15(10(4)5)8-9(2)3/h9-10H,7-8H2,1-6H3,(H2,14,17). The maximum absolute atomic E-state index is 12.6. The third-order valence-electron chi connectivity index (χ3n) is 3.17. The van der Waals surface area contributed by atoms with Crippen LogP contribution in [0.1, 0.15) is 48.0 Å². The Bertz CT molecular complexity index is 289. The summed E-state index contributed by atoms with van der Waals surface area (Å²) in [7, 11) is 0. The van der Waals surface area contributed by atoms with Gasteiger partial charge in [-0.3, -0.25) is 4.79 Å². The minimum absolute atomic E-state index is 0.0520. The molecule has 0 saturated carbocycles. The number of carbonyl (C=O) groups excluding carboxylic acids is 1. The van der Waals surface area contributed by atoms with Crippen molar-refractivity contribution in [1.29, 1.82) is 0 Å². The van der Waals surface area contributed by atoms with E-state index in [0.29, 0.717) is 17.3 Å². The van der Waals surface area contributed by atoms with Crippen molar-refractivity contribution in [3.05, 3.63) is 0 Å². The van der Waals surface area contributed by atoms with E-state index in [1.54, 1.807) is 0 Å². The molecule has 0 aliphatic carbocycles. The Labute approximate surface area is 111 Å². The lowest BCUT2D eigenvalue weighted by Gasteiger charge is -2.36. The fraction of sp³-hybridized carbons (Fsp3) is 0.846. The second-order valence-corrected chi connectivity index (χ2v) is 5.93. The van der Waals surface area contributed by atoms with Gasteiger partial charge in [-0.2, -0.15) is 0 Å². The van der Waals surface area contributed by atoms with Crippen LogP contribution in [0.15, 0.2) is 0 Å². The van der Waals surface area contributed by atoms with Crippen LogP contribution in [0, 0.1) is 11.3 Å². The van der Waals surface area contributed by atoms with E-state index < -0.39 is 5.41 Å². The van der Waals surface area contributed by atoms with E-state index in [9.17, 15) is 4.79 Å². The molecule has 1 atom stereocenters. The van der Waals surface area contributed by atoms with Crippen LogP contribution < -0.4 is 5.73 Å². The lowest BCUT2D eigenvalue weighted by Crippen LogP contribution is -2.51. The zero-order valence-electron chi connectivity index (χ0n) is 11.9. The molecule has 1 unspecified atom stereocenters. The first-order valence-corrected chi connectivity index (χ1v) is 6.68. The summed E-state index contributed by atoms with van der Waals surface area (Å²) in [5, 5.41) is 0. The predicted octanol–water partition coefficient (Wildman–Crippen LogP) is 2.58. The fourth-order valence-corrected chi connectivity index (χ4v) is 1.90. The highest BCUT2D eigenvalue weighted by molar-refractivity contribution is 7.80. The van der Waals surface area contributed by atoms with Gasteiger partial charge in [-0.05, 0) is 33.1 Å². The number of carbonyl (C=O) groups is 1. The summed E-state index contributed by atoms with van der Waals surface area (Å²) < 4.78 is 0. The van der Waals surface area contributed by atoms with Gasteiger partial charge >= 0.3 is 0 Å². The van der Waals surface area contributed by atoms with Gasteiger partial charge in [0, 0.05) is 12.6 Å². The van der Waals surface area contributed by atoms with Gasteiger partial charge in [0.2, 0.25) is 5.91 Å². The Kier molecular flexibility index (Phi) is 6.10. The predicted molar refractivity (Wildman–Crippen MR) is 76.9 cm³/mol. The van der Waals surface area contributed by atoms with E-state index in [1.165, 1.54) is 0 Å². The molecule has 2 N–H and O–H groups in total. The van der Waals surface area contributed by atoms with E-state index in [0.717, 1.165) is 6.54 Å². The van der Waals surface area contributed by atoms with Crippen molar-refractivity contribution in [3.63, 3.8) is 0 Å². The van der Waals surface area contributed by atoms with E-state index in [2.05, 4.69) is 13.8 Å². The van der Waals surface area contributed by atoms with Gasteiger partial charge in [0.15, 0.2) is 0 Å². The zero-order chi connectivity index (χ0) is 13.8. The van der Waals surface area contributed by atoms with Crippen LogP contribution in [0.2, 0.25) is 0 Å². The van der Waals surface area contributed by atoms with E-state index in [-0.39, 0.29) is 11.9 Å². The van der Waals surface area contributed by atoms with Crippen LogP contribution in [0.3, 0.4) is 0 Å². The Hall–Kier alpha value is -0.640.